The van der Waals surface area contributed by atoms with Crippen molar-refractivity contribution in [2.75, 3.05) is 7.11 Å². The second-order valence-electron chi connectivity index (χ2n) is 5.46. The van der Waals surface area contributed by atoms with E-state index in [2.05, 4.69) is 6.58 Å². The van der Waals surface area contributed by atoms with Crippen LogP contribution in [0.25, 0.3) is 0 Å². The van der Waals surface area contributed by atoms with Crippen molar-refractivity contribution < 1.29 is 19.1 Å². The summed E-state index contributed by atoms with van der Waals surface area (Å²) in [6.07, 6.45) is 3.98. The Balaban J connectivity index is 2.38. The fraction of sp³-hybridized carbons (Fsp3) is 0.500. The van der Waals surface area contributed by atoms with Crippen LogP contribution in [0.4, 0.5) is 0 Å². The van der Waals surface area contributed by atoms with Crippen molar-refractivity contribution in [3.05, 3.63) is 35.5 Å². The van der Waals surface area contributed by atoms with E-state index in [9.17, 15) is 9.59 Å². The minimum atomic E-state index is -0.488. The zero-order valence-corrected chi connectivity index (χ0v) is 12.1. The van der Waals surface area contributed by atoms with Crippen LogP contribution in [-0.4, -0.2) is 31.1 Å². The minimum absolute atomic E-state index is 0.0315. The number of Topliss-reactive ketones (excluding diaryl/α,β-unsaturated/α-hetero) is 1. The Bertz CT molecular complexity index is 513. The van der Waals surface area contributed by atoms with Gasteiger partial charge in [0.1, 0.15) is 6.10 Å². The molecule has 0 bridgehead atoms. The third kappa shape index (κ3) is 2.75. The number of carbonyl (C=O) groups excluding carboxylic acids is 2. The summed E-state index contributed by atoms with van der Waals surface area (Å²) in [4.78, 5) is 24.1. The van der Waals surface area contributed by atoms with Crippen LogP contribution in [-0.2, 0) is 19.1 Å². The van der Waals surface area contributed by atoms with E-state index < -0.39 is 12.1 Å². The molecular formula is C16H20O4. The highest BCUT2D eigenvalue weighted by molar-refractivity contribution is 6.07. The molecule has 4 heteroatoms. The van der Waals surface area contributed by atoms with Gasteiger partial charge in [-0.25, -0.2) is 4.79 Å². The lowest BCUT2D eigenvalue weighted by Gasteiger charge is -2.22. The smallest absolute Gasteiger partial charge is 0.334 e. The van der Waals surface area contributed by atoms with Gasteiger partial charge in [-0.2, -0.15) is 0 Å². The molecule has 0 radical (unpaired) electrons. The van der Waals surface area contributed by atoms with Gasteiger partial charge < -0.3 is 9.47 Å². The van der Waals surface area contributed by atoms with Gasteiger partial charge in [0.15, 0.2) is 5.78 Å². The molecule has 0 aromatic rings. The van der Waals surface area contributed by atoms with E-state index in [0.717, 1.165) is 5.57 Å². The van der Waals surface area contributed by atoms with Gasteiger partial charge in [0.2, 0.25) is 0 Å². The number of hydrogen-bond donors (Lipinski definition) is 0. The van der Waals surface area contributed by atoms with Crippen LogP contribution in [0.1, 0.15) is 26.7 Å². The second kappa shape index (κ2) is 5.75. The average molecular weight is 276 g/mol. The molecule has 1 aliphatic carbocycles. The molecule has 2 rings (SSSR count). The first-order valence-corrected chi connectivity index (χ1v) is 6.77. The topological polar surface area (TPSA) is 52.6 Å². The number of hydrogen-bond acceptors (Lipinski definition) is 4. The average Bonchev–Trinajstić information content (AvgIpc) is 2.64. The van der Waals surface area contributed by atoms with Crippen LogP contribution in [0.5, 0.6) is 0 Å². The van der Waals surface area contributed by atoms with Crippen LogP contribution in [0.3, 0.4) is 0 Å². The molecule has 20 heavy (non-hydrogen) atoms. The fourth-order valence-electron chi connectivity index (χ4n) is 2.72. The Hall–Kier alpha value is -1.68. The molecule has 1 heterocycles. The number of ether oxygens (including phenoxy) is 2. The first-order valence-electron chi connectivity index (χ1n) is 6.77. The molecule has 0 spiro atoms. The summed E-state index contributed by atoms with van der Waals surface area (Å²) in [6, 6.07) is 0. The summed E-state index contributed by atoms with van der Waals surface area (Å²) < 4.78 is 10.7. The van der Waals surface area contributed by atoms with E-state index in [-0.39, 0.29) is 17.8 Å². The maximum absolute atomic E-state index is 12.4. The number of methoxy groups -OCH3 is 1. The third-order valence-electron chi connectivity index (χ3n) is 3.89. The molecule has 4 nitrogen and oxygen atoms in total. The van der Waals surface area contributed by atoms with Gasteiger partial charge in [0.05, 0.1) is 6.10 Å². The molecule has 0 aromatic heterocycles. The predicted molar refractivity (Wildman–Crippen MR) is 75.1 cm³/mol. The Morgan fingerprint density at radius 1 is 1.35 bits per heavy atom. The molecule has 0 unspecified atom stereocenters. The van der Waals surface area contributed by atoms with Crippen LogP contribution in [0.15, 0.2) is 35.5 Å². The predicted octanol–water partition coefficient (Wildman–Crippen LogP) is 2.35. The highest BCUT2D eigenvalue weighted by atomic mass is 16.5. The van der Waals surface area contributed by atoms with Crippen LogP contribution >= 0.6 is 0 Å². The van der Waals surface area contributed by atoms with Gasteiger partial charge in [0.25, 0.3) is 0 Å². The Morgan fingerprint density at radius 3 is 2.70 bits per heavy atom. The van der Waals surface area contributed by atoms with Crippen molar-refractivity contribution in [3.63, 3.8) is 0 Å². The number of rotatable bonds is 1. The van der Waals surface area contributed by atoms with Crippen LogP contribution < -0.4 is 0 Å². The summed E-state index contributed by atoms with van der Waals surface area (Å²) in [6.45, 7) is 7.56. The summed E-state index contributed by atoms with van der Waals surface area (Å²) >= 11 is 0. The van der Waals surface area contributed by atoms with Gasteiger partial charge in [-0.1, -0.05) is 31.2 Å². The Labute approximate surface area is 119 Å². The first kappa shape index (κ1) is 14.7. The minimum Gasteiger partial charge on any atom is -0.454 e. The zero-order valence-electron chi connectivity index (χ0n) is 12.1. The highest BCUT2D eigenvalue weighted by Crippen LogP contribution is 2.31. The van der Waals surface area contributed by atoms with Crippen molar-refractivity contribution in [1.29, 1.82) is 0 Å². The number of allylic oxidation sites excluding steroid dienone is 1. The van der Waals surface area contributed by atoms with Crippen molar-refractivity contribution in [2.24, 2.45) is 5.92 Å². The molecule has 0 saturated heterocycles. The monoisotopic (exact) mass is 276 g/mol. The Morgan fingerprint density at radius 2 is 2.05 bits per heavy atom. The molecule has 1 aliphatic heterocycles. The lowest BCUT2D eigenvalue weighted by Crippen LogP contribution is -2.26. The van der Waals surface area contributed by atoms with E-state index in [1.54, 1.807) is 14.0 Å². The van der Waals surface area contributed by atoms with Crippen LogP contribution in [0, 0.1) is 5.92 Å². The van der Waals surface area contributed by atoms with Gasteiger partial charge >= 0.3 is 5.97 Å². The van der Waals surface area contributed by atoms with Crippen LogP contribution in [0.2, 0.25) is 0 Å². The van der Waals surface area contributed by atoms with Gasteiger partial charge in [-0.05, 0) is 12.8 Å². The summed E-state index contributed by atoms with van der Waals surface area (Å²) in [5, 5.41) is 0. The Kier molecular flexibility index (Phi) is 4.23. The normalized spacial score (nSPS) is 31.4. The van der Waals surface area contributed by atoms with Gasteiger partial charge in [-0.3, -0.25) is 4.79 Å². The number of carbonyl (C=O) groups is 2. The maximum atomic E-state index is 12.4. The number of ketones is 1. The summed E-state index contributed by atoms with van der Waals surface area (Å²) in [5.74, 6) is -0.396. The SMILES string of the molecule is C=C1C=C[C@@H](OC)[C@@H](C)CC(=O)C2=C(C)C(=O)O[C@H]2C1. The number of fused-ring (bicyclic) bond motifs is 1. The van der Waals surface area contributed by atoms with Crippen molar-refractivity contribution in [1.82, 2.24) is 0 Å². The summed E-state index contributed by atoms with van der Waals surface area (Å²) in [5.41, 5.74) is 1.76. The first-order chi connectivity index (χ1) is 9.43. The third-order valence-corrected chi connectivity index (χ3v) is 3.89. The van der Waals surface area contributed by atoms with Crippen molar-refractivity contribution in [2.45, 2.75) is 38.9 Å². The lowest BCUT2D eigenvalue weighted by molar-refractivity contribution is -0.139. The molecule has 0 N–H and O–H groups in total. The fourth-order valence-corrected chi connectivity index (χ4v) is 2.72. The molecule has 3 atom stereocenters. The van der Waals surface area contributed by atoms with E-state index in [1.807, 2.05) is 19.1 Å². The van der Waals surface area contributed by atoms with E-state index >= 15 is 0 Å². The quantitative estimate of drug-likeness (QED) is 0.690. The van der Waals surface area contributed by atoms with Gasteiger partial charge in [0, 0.05) is 31.1 Å². The summed E-state index contributed by atoms with van der Waals surface area (Å²) in [7, 11) is 1.63. The molecule has 0 aromatic carbocycles. The van der Waals surface area contributed by atoms with Crippen molar-refractivity contribution in [3.8, 4) is 0 Å². The van der Waals surface area contributed by atoms with Crippen molar-refractivity contribution >= 4 is 11.8 Å². The van der Waals surface area contributed by atoms with E-state index in [1.165, 1.54) is 0 Å². The molecular weight excluding hydrogens is 256 g/mol. The molecule has 0 amide bonds. The lowest BCUT2D eigenvalue weighted by atomic mass is 9.88. The molecule has 108 valence electrons. The highest BCUT2D eigenvalue weighted by Gasteiger charge is 2.36. The zero-order chi connectivity index (χ0) is 14.9. The maximum Gasteiger partial charge on any atom is 0.334 e. The largest absolute Gasteiger partial charge is 0.454 e. The van der Waals surface area contributed by atoms with E-state index in [0.29, 0.717) is 24.0 Å². The van der Waals surface area contributed by atoms with Gasteiger partial charge in [-0.15, -0.1) is 0 Å². The second-order valence-corrected chi connectivity index (χ2v) is 5.46. The molecule has 2 aliphatic rings. The molecule has 0 fully saturated rings. The van der Waals surface area contributed by atoms with E-state index in [4.69, 9.17) is 9.47 Å². The molecule has 0 saturated carbocycles. The number of esters is 1. The standard InChI is InChI=1S/C16H20O4/c1-9-5-6-13(19-4)10(2)8-12(17)15-11(3)16(18)20-14(15)7-9/h5-6,10,13-14H,1,7-8H2,2-4H3/t10-,13+,14-/m0/s1.